The van der Waals surface area contributed by atoms with E-state index in [4.69, 9.17) is 22.0 Å². The molecule has 1 saturated heterocycles. The zero-order valence-electron chi connectivity index (χ0n) is 29.3. The summed E-state index contributed by atoms with van der Waals surface area (Å²) in [4.78, 5) is 93.6. The summed E-state index contributed by atoms with van der Waals surface area (Å²) in [6, 6.07) is -2.52. The maximum absolute atomic E-state index is 11.9. The maximum Gasteiger partial charge on any atom is 0.336 e. The lowest BCUT2D eigenvalue weighted by atomic mass is 9.96. The number of imide groups is 1. The molecular formula is C31H59N7O11. The van der Waals surface area contributed by atoms with Gasteiger partial charge in [0.15, 0.2) is 0 Å². The van der Waals surface area contributed by atoms with Crippen molar-refractivity contribution in [1.29, 1.82) is 0 Å². The Balaban J connectivity index is -0.000000658. The van der Waals surface area contributed by atoms with Crippen molar-refractivity contribution in [3.8, 4) is 0 Å². The number of carbonyl (C=O) groups excluding carboxylic acids is 8. The lowest BCUT2D eigenvalue weighted by Crippen LogP contribution is -2.45. The molecule has 1 rings (SSSR count). The van der Waals surface area contributed by atoms with Crippen molar-refractivity contribution in [2.45, 2.75) is 99.6 Å². The lowest BCUT2D eigenvalue weighted by molar-refractivity contribution is -0.201. The Bertz CT molecular complexity index is 1070. The molecule has 0 unspecified atom stereocenters. The van der Waals surface area contributed by atoms with Crippen molar-refractivity contribution in [2.24, 2.45) is 40.9 Å². The highest BCUT2D eigenvalue weighted by molar-refractivity contribution is 6.01. The van der Waals surface area contributed by atoms with E-state index in [1.165, 1.54) is 14.2 Å². The Labute approximate surface area is 289 Å². The first kappa shape index (κ1) is 48.9. The first-order valence-electron chi connectivity index (χ1n) is 15.7. The quantitative estimate of drug-likeness (QED) is 0.0740. The smallest absolute Gasteiger partial charge is 0.336 e. The van der Waals surface area contributed by atoms with E-state index in [2.05, 4.69) is 25.4 Å². The Morgan fingerprint density at radius 1 is 0.714 bits per heavy atom. The van der Waals surface area contributed by atoms with E-state index >= 15 is 0 Å². The first-order valence-corrected chi connectivity index (χ1v) is 15.7. The monoisotopic (exact) mass is 705 g/mol. The Kier molecular flexibility index (Phi) is 26.4. The third-order valence-electron chi connectivity index (χ3n) is 7.24. The largest absolute Gasteiger partial charge is 0.468 e. The minimum atomic E-state index is -0.705. The van der Waals surface area contributed by atoms with E-state index in [0.29, 0.717) is 43.8 Å². The molecule has 1 heterocycles. The summed E-state index contributed by atoms with van der Waals surface area (Å²) in [6.45, 7) is 11.9. The van der Waals surface area contributed by atoms with Crippen molar-refractivity contribution in [2.75, 3.05) is 27.3 Å². The standard InChI is InChI=1S/C13H25N3O4.C10H15NO4.C7H15N3O3.CH4/c1-8(2)9(3)11(17)16-10(12(18)20-4)6-5-7-15-13(14)19;1-6(2)7(3)10(14)15-11-8(12)4-5-9(11)13;1-13-6(11)5(8)3-2-4-10-7(9)12;/h8-10H,5-7H2,1-4H3,(H,16,17)(H3,14,15,19);6-7H,4-5H2,1-3H3;5H,2-4,8H2,1H3,(H3,9,10,12);1H4/t9-,10-;7-;5-;/m000./s1. The number of carbonyl (C=O) groups is 8. The molecule has 7 amide bonds. The summed E-state index contributed by atoms with van der Waals surface area (Å²) in [7, 11) is 2.55. The average Bonchev–Trinajstić information content (AvgIpc) is 3.34. The number of nitrogens with one attached hydrogen (secondary N) is 3. The summed E-state index contributed by atoms with van der Waals surface area (Å²) < 4.78 is 9.08. The normalized spacial score (nSPS) is 14.3. The van der Waals surface area contributed by atoms with Crippen LogP contribution in [0.25, 0.3) is 0 Å². The highest BCUT2D eigenvalue weighted by atomic mass is 16.7. The van der Waals surface area contributed by atoms with Gasteiger partial charge in [-0.15, -0.1) is 5.06 Å². The van der Waals surface area contributed by atoms with E-state index in [9.17, 15) is 38.4 Å². The van der Waals surface area contributed by atoms with Gasteiger partial charge in [-0.25, -0.2) is 19.2 Å². The van der Waals surface area contributed by atoms with Crippen LogP contribution < -0.4 is 33.2 Å². The molecular weight excluding hydrogens is 646 g/mol. The van der Waals surface area contributed by atoms with Crippen LogP contribution in [0.3, 0.4) is 0 Å². The topological polar surface area (TPSA) is 282 Å². The molecule has 0 aliphatic carbocycles. The van der Waals surface area contributed by atoms with Gasteiger partial charge in [0.05, 0.1) is 20.1 Å². The number of hydrogen-bond donors (Lipinski definition) is 6. The van der Waals surface area contributed by atoms with Gasteiger partial charge < -0.3 is 47.5 Å². The third kappa shape index (κ3) is 21.9. The van der Waals surface area contributed by atoms with Crippen LogP contribution in [0, 0.1) is 23.7 Å². The molecule has 1 aliphatic heterocycles. The second-order valence-electron chi connectivity index (χ2n) is 11.6. The van der Waals surface area contributed by atoms with Gasteiger partial charge in [-0.05, 0) is 37.5 Å². The van der Waals surface area contributed by atoms with Gasteiger partial charge in [-0.2, -0.15) is 0 Å². The summed E-state index contributed by atoms with van der Waals surface area (Å²) in [6.07, 6.45) is 2.21. The minimum absolute atomic E-state index is 0. The molecule has 284 valence electrons. The molecule has 0 bridgehead atoms. The van der Waals surface area contributed by atoms with Crippen LogP contribution in [0.4, 0.5) is 9.59 Å². The highest BCUT2D eigenvalue weighted by Gasteiger charge is 2.34. The lowest BCUT2D eigenvalue weighted by Gasteiger charge is -2.21. The number of nitrogens with two attached hydrogens (primary N) is 3. The van der Waals surface area contributed by atoms with Gasteiger partial charge in [-0.3, -0.25) is 19.2 Å². The van der Waals surface area contributed by atoms with Crippen LogP contribution in [-0.2, 0) is 43.1 Å². The van der Waals surface area contributed by atoms with Crippen molar-refractivity contribution >= 4 is 47.7 Å². The molecule has 0 saturated carbocycles. The predicted octanol–water partition coefficient (Wildman–Crippen LogP) is 0.842. The van der Waals surface area contributed by atoms with Crippen molar-refractivity contribution < 1.29 is 52.7 Å². The maximum atomic E-state index is 11.9. The predicted molar refractivity (Wildman–Crippen MR) is 179 cm³/mol. The van der Waals surface area contributed by atoms with E-state index in [-0.39, 0.29) is 49.8 Å². The van der Waals surface area contributed by atoms with Crippen LogP contribution in [0.5, 0.6) is 0 Å². The fourth-order valence-corrected chi connectivity index (χ4v) is 3.42. The van der Waals surface area contributed by atoms with Gasteiger partial charge in [0.2, 0.25) is 5.91 Å². The van der Waals surface area contributed by atoms with Crippen LogP contribution in [-0.4, -0.2) is 92.1 Å². The Morgan fingerprint density at radius 3 is 1.53 bits per heavy atom. The second-order valence-corrected chi connectivity index (χ2v) is 11.6. The molecule has 4 atom stereocenters. The minimum Gasteiger partial charge on any atom is -0.468 e. The van der Waals surface area contributed by atoms with E-state index in [1.807, 2.05) is 34.6 Å². The van der Waals surface area contributed by atoms with Gasteiger partial charge >= 0.3 is 30.0 Å². The van der Waals surface area contributed by atoms with Crippen molar-refractivity contribution in [1.82, 2.24) is 21.0 Å². The van der Waals surface area contributed by atoms with Crippen molar-refractivity contribution in [3.63, 3.8) is 0 Å². The number of rotatable bonds is 16. The van der Waals surface area contributed by atoms with E-state index in [0.717, 1.165) is 0 Å². The summed E-state index contributed by atoms with van der Waals surface area (Å²) >= 11 is 0. The molecule has 0 aromatic carbocycles. The van der Waals surface area contributed by atoms with Crippen LogP contribution >= 0.6 is 0 Å². The van der Waals surface area contributed by atoms with Gasteiger partial charge in [0.1, 0.15) is 12.1 Å². The fourth-order valence-electron chi connectivity index (χ4n) is 3.42. The number of urea groups is 2. The van der Waals surface area contributed by atoms with Gasteiger partial charge in [0, 0.05) is 31.8 Å². The molecule has 0 spiro atoms. The zero-order valence-corrected chi connectivity index (χ0v) is 29.3. The second kappa shape index (κ2) is 26.5. The first-order chi connectivity index (χ1) is 22.3. The number of nitrogens with zero attached hydrogens (tertiary/aromatic N) is 1. The number of ether oxygens (including phenoxy) is 2. The number of primary amides is 2. The van der Waals surface area contributed by atoms with Crippen molar-refractivity contribution in [3.05, 3.63) is 0 Å². The number of amides is 7. The molecule has 0 radical (unpaired) electrons. The molecule has 1 fully saturated rings. The summed E-state index contributed by atoms with van der Waals surface area (Å²) in [5, 5.41) is 8.08. The molecule has 9 N–H and O–H groups in total. The molecule has 0 aromatic rings. The number of hydroxylamine groups is 2. The van der Waals surface area contributed by atoms with Gasteiger partial charge in [-0.1, -0.05) is 49.0 Å². The Morgan fingerprint density at radius 2 is 1.14 bits per heavy atom. The molecule has 18 nitrogen and oxygen atoms in total. The molecule has 49 heavy (non-hydrogen) atoms. The highest BCUT2D eigenvalue weighted by Crippen LogP contribution is 2.17. The summed E-state index contributed by atoms with van der Waals surface area (Å²) in [5.74, 6) is -2.75. The summed E-state index contributed by atoms with van der Waals surface area (Å²) in [5.41, 5.74) is 15.2. The number of hydrogen-bond acceptors (Lipinski definition) is 12. The number of methoxy groups -OCH3 is 2. The van der Waals surface area contributed by atoms with E-state index < -0.39 is 53.9 Å². The Hall–Kier alpha value is -4.48. The fraction of sp³-hybridized carbons (Fsp3) is 0.742. The van der Waals surface area contributed by atoms with Crippen LogP contribution in [0.1, 0.15) is 87.5 Å². The zero-order chi connectivity index (χ0) is 37.6. The van der Waals surface area contributed by atoms with E-state index in [1.54, 1.807) is 6.92 Å². The third-order valence-corrected chi connectivity index (χ3v) is 7.24. The van der Waals surface area contributed by atoms with Crippen LogP contribution in [0.2, 0.25) is 0 Å². The molecule has 0 aromatic heterocycles. The van der Waals surface area contributed by atoms with Crippen LogP contribution in [0.15, 0.2) is 0 Å². The SMILES string of the molecule is C.CC(C)[C@H](C)C(=O)ON1C(=O)CCC1=O.COC(=O)[C@@H](N)CCCNC(N)=O.COC(=O)[C@H](CCCNC(N)=O)NC(=O)[C@@H](C)C(C)C. The molecule has 1 aliphatic rings. The molecule has 18 heteroatoms. The average molecular weight is 706 g/mol. The number of esters is 2. The van der Waals surface area contributed by atoms with Gasteiger partial charge in [0.25, 0.3) is 11.8 Å².